The van der Waals surface area contributed by atoms with Gasteiger partial charge in [-0.15, -0.1) is 0 Å². The minimum Gasteiger partial charge on any atom is -0.385 e. The molecule has 0 amide bonds. The molecule has 108 valence electrons. The zero-order chi connectivity index (χ0) is 14.1. The lowest BCUT2D eigenvalue weighted by Gasteiger charge is -2.24. The Morgan fingerprint density at radius 2 is 2.11 bits per heavy atom. The number of nitrogens with one attached hydrogen (secondary N) is 1. The van der Waals surface area contributed by atoms with Gasteiger partial charge in [-0.3, -0.25) is 0 Å². The summed E-state index contributed by atoms with van der Waals surface area (Å²) in [5.41, 5.74) is 2.80. The molecule has 0 saturated heterocycles. The summed E-state index contributed by atoms with van der Waals surface area (Å²) in [5.74, 6) is 1.36. The molecule has 0 aliphatic rings. The maximum atomic E-state index is 5.22. The van der Waals surface area contributed by atoms with Crippen LogP contribution in [0.2, 0.25) is 0 Å². The summed E-state index contributed by atoms with van der Waals surface area (Å²) < 4.78 is 5.22. The first kappa shape index (κ1) is 16.2. The molecule has 1 N–H and O–H groups in total. The van der Waals surface area contributed by atoms with Gasteiger partial charge < -0.3 is 10.1 Å². The van der Waals surface area contributed by atoms with Crippen LogP contribution in [0.25, 0.3) is 0 Å². The Balaban J connectivity index is 2.62. The standard InChI is InChI=1S/C17H29NO/c1-5-18-13-17(15(3)9-10-19-4)12-16-8-6-7-14(2)11-16/h6-8,11,15,17-18H,5,9-10,12-13H2,1-4H3. The molecule has 2 atom stereocenters. The maximum absolute atomic E-state index is 5.22. The Morgan fingerprint density at radius 1 is 1.32 bits per heavy atom. The lowest BCUT2D eigenvalue weighted by atomic mass is 9.85. The third-order valence-corrected chi connectivity index (χ3v) is 3.82. The summed E-state index contributed by atoms with van der Waals surface area (Å²) in [6, 6.07) is 8.88. The van der Waals surface area contributed by atoms with Crippen LogP contribution in [-0.2, 0) is 11.2 Å². The lowest BCUT2D eigenvalue weighted by Crippen LogP contribution is -2.29. The predicted octanol–water partition coefficient (Wildman–Crippen LogP) is 3.44. The van der Waals surface area contributed by atoms with Crippen LogP contribution in [0.1, 0.15) is 31.4 Å². The molecule has 0 bridgehead atoms. The smallest absolute Gasteiger partial charge is 0.0464 e. The number of rotatable bonds is 9. The lowest BCUT2D eigenvalue weighted by molar-refractivity contribution is 0.164. The maximum Gasteiger partial charge on any atom is 0.0464 e. The van der Waals surface area contributed by atoms with Gasteiger partial charge in [0.05, 0.1) is 0 Å². The van der Waals surface area contributed by atoms with Crippen LogP contribution in [0.3, 0.4) is 0 Å². The third-order valence-electron chi connectivity index (χ3n) is 3.82. The average Bonchev–Trinajstić information content (AvgIpc) is 2.40. The number of ether oxygens (including phenoxy) is 1. The van der Waals surface area contributed by atoms with Crippen LogP contribution in [0.15, 0.2) is 24.3 Å². The van der Waals surface area contributed by atoms with E-state index >= 15 is 0 Å². The summed E-state index contributed by atoms with van der Waals surface area (Å²) in [6.45, 7) is 9.67. The fourth-order valence-electron chi connectivity index (χ4n) is 2.49. The summed E-state index contributed by atoms with van der Waals surface area (Å²) in [7, 11) is 1.78. The molecule has 2 unspecified atom stereocenters. The minimum absolute atomic E-state index is 0.678. The van der Waals surface area contributed by atoms with E-state index in [1.165, 1.54) is 11.1 Å². The van der Waals surface area contributed by atoms with Crippen molar-refractivity contribution < 1.29 is 4.74 Å². The number of benzene rings is 1. The highest BCUT2D eigenvalue weighted by atomic mass is 16.5. The molecule has 1 aromatic carbocycles. The van der Waals surface area contributed by atoms with Crippen LogP contribution in [0.5, 0.6) is 0 Å². The van der Waals surface area contributed by atoms with Crippen LogP contribution in [0, 0.1) is 18.8 Å². The second kappa shape index (κ2) is 9.11. The molecule has 1 aromatic rings. The quantitative estimate of drug-likeness (QED) is 0.737. The molecule has 0 aromatic heterocycles. The van der Waals surface area contributed by atoms with E-state index in [-0.39, 0.29) is 0 Å². The second-order valence-electron chi connectivity index (χ2n) is 5.52. The summed E-state index contributed by atoms with van der Waals surface area (Å²) in [6.07, 6.45) is 2.29. The van der Waals surface area contributed by atoms with E-state index in [9.17, 15) is 0 Å². The van der Waals surface area contributed by atoms with Crippen molar-refractivity contribution in [1.29, 1.82) is 0 Å². The monoisotopic (exact) mass is 263 g/mol. The molecular formula is C17H29NO. The van der Waals surface area contributed by atoms with Crippen molar-refractivity contribution in [3.8, 4) is 0 Å². The summed E-state index contributed by atoms with van der Waals surface area (Å²) in [5, 5.41) is 3.50. The highest BCUT2D eigenvalue weighted by Crippen LogP contribution is 2.20. The molecule has 0 spiro atoms. The predicted molar refractivity (Wildman–Crippen MR) is 82.6 cm³/mol. The van der Waals surface area contributed by atoms with Gasteiger partial charge in [-0.05, 0) is 50.3 Å². The van der Waals surface area contributed by atoms with Gasteiger partial charge in [0, 0.05) is 13.7 Å². The molecule has 0 fully saturated rings. The molecule has 2 heteroatoms. The van der Waals surface area contributed by atoms with Crippen LogP contribution in [0.4, 0.5) is 0 Å². The van der Waals surface area contributed by atoms with Gasteiger partial charge in [0.1, 0.15) is 0 Å². The van der Waals surface area contributed by atoms with Crippen molar-refractivity contribution in [1.82, 2.24) is 5.32 Å². The first-order valence-corrected chi connectivity index (χ1v) is 7.42. The number of hydrogen-bond donors (Lipinski definition) is 1. The van der Waals surface area contributed by atoms with Crippen molar-refractivity contribution in [2.24, 2.45) is 11.8 Å². The van der Waals surface area contributed by atoms with Crippen molar-refractivity contribution in [3.63, 3.8) is 0 Å². The highest BCUT2D eigenvalue weighted by Gasteiger charge is 2.17. The second-order valence-corrected chi connectivity index (χ2v) is 5.52. The van der Waals surface area contributed by atoms with Crippen molar-refractivity contribution >= 4 is 0 Å². The van der Waals surface area contributed by atoms with Gasteiger partial charge in [-0.2, -0.15) is 0 Å². The summed E-state index contributed by atoms with van der Waals surface area (Å²) in [4.78, 5) is 0. The Labute approximate surface area is 118 Å². The Morgan fingerprint density at radius 3 is 2.74 bits per heavy atom. The first-order chi connectivity index (χ1) is 9.17. The van der Waals surface area contributed by atoms with E-state index in [1.807, 2.05) is 0 Å². The number of methoxy groups -OCH3 is 1. The Hall–Kier alpha value is -0.860. The molecule has 1 rings (SSSR count). The fourth-order valence-corrected chi connectivity index (χ4v) is 2.49. The van der Waals surface area contributed by atoms with Gasteiger partial charge in [-0.1, -0.05) is 43.7 Å². The van der Waals surface area contributed by atoms with Crippen LogP contribution < -0.4 is 5.32 Å². The minimum atomic E-state index is 0.678. The number of hydrogen-bond acceptors (Lipinski definition) is 2. The summed E-state index contributed by atoms with van der Waals surface area (Å²) >= 11 is 0. The topological polar surface area (TPSA) is 21.3 Å². The molecule has 0 saturated carbocycles. The van der Waals surface area contributed by atoms with Crippen molar-refractivity contribution in [2.75, 3.05) is 26.8 Å². The number of aryl methyl sites for hydroxylation is 1. The Bertz CT molecular complexity index is 351. The van der Waals surface area contributed by atoms with E-state index in [1.54, 1.807) is 7.11 Å². The molecule has 0 radical (unpaired) electrons. The molecule has 19 heavy (non-hydrogen) atoms. The third kappa shape index (κ3) is 6.22. The molecule has 0 aliphatic carbocycles. The Kier molecular flexibility index (Phi) is 7.76. The normalized spacial score (nSPS) is 14.3. The van der Waals surface area contributed by atoms with E-state index in [2.05, 4.69) is 50.4 Å². The van der Waals surface area contributed by atoms with E-state index in [0.717, 1.165) is 32.5 Å². The van der Waals surface area contributed by atoms with E-state index in [0.29, 0.717) is 11.8 Å². The molecular weight excluding hydrogens is 234 g/mol. The van der Waals surface area contributed by atoms with Gasteiger partial charge in [0.2, 0.25) is 0 Å². The molecule has 0 heterocycles. The van der Waals surface area contributed by atoms with Crippen molar-refractivity contribution in [2.45, 2.75) is 33.6 Å². The first-order valence-electron chi connectivity index (χ1n) is 7.42. The fraction of sp³-hybridized carbons (Fsp3) is 0.647. The van der Waals surface area contributed by atoms with E-state index < -0.39 is 0 Å². The highest BCUT2D eigenvalue weighted by molar-refractivity contribution is 5.22. The van der Waals surface area contributed by atoms with Gasteiger partial charge in [-0.25, -0.2) is 0 Å². The van der Waals surface area contributed by atoms with Crippen molar-refractivity contribution in [3.05, 3.63) is 35.4 Å². The van der Waals surface area contributed by atoms with Crippen LogP contribution >= 0.6 is 0 Å². The SMILES string of the molecule is CCNCC(Cc1cccc(C)c1)C(C)CCOC. The zero-order valence-corrected chi connectivity index (χ0v) is 12.9. The van der Waals surface area contributed by atoms with Gasteiger partial charge >= 0.3 is 0 Å². The van der Waals surface area contributed by atoms with E-state index in [4.69, 9.17) is 4.74 Å². The molecule has 2 nitrogen and oxygen atoms in total. The van der Waals surface area contributed by atoms with Crippen LogP contribution in [-0.4, -0.2) is 26.8 Å². The molecule has 0 aliphatic heterocycles. The average molecular weight is 263 g/mol. The largest absolute Gasteiger partial charge is 0.385 e. The zero-order valence-electron chi connectivity index (χ0n) is 12.9. The van der Waals surface area contributed by atoms with Gasteiger partial charge in [0.15, 0.2) is 0 Å². The van der Waals surface area contributed by atoms with Gasteiger partial charge in [0.25, 0.3) is 0 Å².